The number of carbonyl (C=O) groups excluding carboxylic acids is 1. The number of anilines is 1. The van der Waals surface area contributed by atoms with Crippen molar-refractivity contribution in [3.63, 3.8) is 0 Å². The number of Topliss-reactive ketones (excluding diaryl/α,β-unsaturated/α-hetero) is 1. The van der Waals surface area contributed by atoms with E-state index in [0.717, 1.165) is 24.4 Å². The Kier molecular flexibility index (Phi) is 4.21. The predicted molar refractivity (Wildman–Crippen MR) is 76.2 cm³/mol. The third kappa shape index (κ3) is 3.35. The van der Waals surface area contributed by atoms with Crippen molar-refractivity contribution in [2.75, 3.05) is 5.32 Å². The minimum atomic E-state index is 0.0320. The predicted octanol–water partition coefficient (Wildman–Crippen LogP) is 3.75. The highest BCUT2D eigenvalue weighted by Gasteiger charge is 2.19. The number of hydrogen-bond acceptors (Lipinski definition) is 3. The molecule has 0 aromatic heterocycles. The Morgan fingerprint density at radius 2 is 2.21 bits per heavy atom. The maximum Gasteiger partial charge on any atom is 0.159 e. The molecule has 1 aliphatic carbocycles. The molecule has 1 N–H and O–H groups in total. The van der Waals surface area contributed by atoms with E-state index in [2.05, 4.69) is 18.3 Å². The molecule has 0 aliphatic heterocycles. The average molecular weight is 256 g/mol. The molecule has 19 heavy (non-hydrogen) atoms. The van der Waals surface area contributed by atoms with Crippen molar-refractivity contribution >= 4 is 11.5 Å². The van der Waals surface area contributed by atoms with Gasteiger partial charge >= 0.3 is 0 Å². The van der Waals surface area contributed by atoms with Gasteiger partial charge in [0.25, 0.3) is 0 Å². The van der Waals surface area contributed by atoms with Gasteiger partial charge in [-0.3, -0.25) is 4.79 Å². The molecule has 3 heteroatoms. The van der Waals surface area contributed by atoms with Crippen molar-refractivity contribution in [2.24, 2.45) is 5.92 Å². The van der Waals surface area contributed by atoms with Gasteiger partial charge in [0.1, 0.15) is 6.07 Å². The summed E-state index contributed by atoms with van der Waals surface area (Å²) in [5, 5.41) is 12.6. The van der Waals surface area contributed by atoms with Crippen LogP contribution in [0.3, 0.4) is 0 Å². The fourth-order valence-corrected chi connectivity index (χ4v) is 2.77. The number of benzene rings is 1. The molecule has 0 amide bonds. The number of nitrogens with zero attached hydrogens (tertiary/aromatic N) is 1. The van der Waals surface area contributed by atoms with E-state index in [-0.39, 0.29) is 5.78 Å². The average Bonchev–Trinajstić information content (AvgIpc) is 2.38. The monoisotopic (exact) mass is 256 g/mol. The van der Waals surface area contributed by atoms with Gasteiger partial charge in [0.15, 0.2) is 5.78 Å². The van der Waals surface area contributed by atoms with Crippen molar-refractivity contribution in [1.82, 2.24) is 0 Å². The van der Waals surface area contributed by atoms with Crippen LogP contribution in [-0.2, 0) is 0 Å². The van der Waals surface area contributed by atoms with Gasteiger partial charge in [0.05, 0.1) is 11.3 Å². The molecule has 1 fully saturated rings. The summed E-state index contributed by atoms with van der Waals surface area (Å²) in [4.78, 5) is 11.4. The van der Waals surface area contributed by atoms with Gasteiger partial charge < -0.3 is 5.32 Å². The molecule has 2 rings (SSSR count). The van der Waals surface area contributed by atoms with Gasteiger partial charge in [0, 0.05) is 11.6 Å². The van der Waals surface area contributed by atoms with Gasteiger partial charge in [-0.2, -0.15) is 5.26 Å². The summed E-state index contributed by atoms with van der Waals surface area (Å²) in [5.74, 6) is 0.761. The zero-order valence-electron chi connectivity index (χ0n) is 11.6. The third-order valence-corrected chi connectivity index (χ3v) is 3.84. The number of hydrogen-bond donors (Lipinski definition) is 1. The largest absolute Gasteiger partial charge is 0.381 e. The molecule has 0 spiro atoms. The minimum absolute atomic E-state index is 0.0320. The van der Waals surface area contributed by atoms with E-state index in [1.807, 2.05) is 0 Å². The van der Waals surface area contributed by atoms with Gasteiger partial charge in [-0.05, 0) is 43.9 Å². The van der Waals surface area contributed by atoms with E-state index in [9.17, 15) is 4.79 Å². The highest BCUT2D eigenvalue weighted by atomic mass is 16.1. The first-order chi connectivity index (χ1) is 9.10. The van der Waals surface area contributed by atoms with Crippen LogP contribution >= 0.6 is 0 Å². The fraction of sp³-hybridized carbons (Fsp3) is 0.500. The minimum Gasteiger partial charge on any atom is -0.381 e. The summed E-state index contributed by atoms with van der Waals surface area (Å²) in [7, 11) is 0. The second kappa shape index (κ2) is 5.88. The van der Waals surface area contributed by atoms with Crippen LogP contribution in [0, 0.1) is 17.2 Å². The molecular weight excluding hydrogens is 236 g/mol. The Balaban J connectivity index is 2.20. The quantitative estimate of drug-likeness (QED) is 0.838. The van der Waals surface area contributed by atoms with Gasteiger partial charge in [-0.15, -0.1) is 0 Å². The van der Waals surface area contributed by atoms with E-state index >= 15 is 0 Å². The third-order valence-electron chi connectivity index (χ3n) is 3.84. The summed E-state index contributed by atoms with van der Waals surface area (Å²) in [6, 6.07) is 7.85. The summed E-state index contributed by atoms with van der Waals surface area (Å²) >= 11 is 0. The van der Waals surface area contributed by atoms with Crippen LogP contribution < -0.4 is 5.32 Å². The number of nitriles is 1. The lowest BCUT2D eigenvalue weighted by atomic mass is 9.87. The van der Waals surface area contributed by atoms with Crippen LogP contribution in [0.2, 0.25) is 0 Å². The Morgan fingerprint density at radius 1 is 1.42 bits per heavy atom. The topological polar surface area (TPSA) is 52.9 Å². The van der Waals surface area contributed by atoms with Gasteiger partial charge in [-0.25, -0.2) is 0 Å². The van der Waals surface area contributed by atoms with Crippen LogP contribution in [0.5, 0.6) is 0 Å². The van der Waals surface area contributed by atoms with E-state index in [4.69, 9.17) is 5.26 Å². The van der Waals surface area contributed by atoms with E-state index < -0.39 is 0 Å². The van der Waals surface area contributed by atoms with Gasteiger partial charge in [0.2, 0.25) is 0 Å². The number of rotatable bonds is 3. The van der Waals surface area contributed by atoms with E-state index in [0.29, 0.717) is 17.2 Å². The molecule has 1 aliphatic rings. The van der Waals surface area contributed by atoms with Crippen molar-refractivity contribution in [1.29, 1.82) is 5.26 Å². The van der Waals surface area contributed by atoms with Crippen molar-refractivity contribution in [2.45, 2.75) is 45.6 Å². The van der Waals surface area contributed by atoms with Crippen LogP contribution in [0.25, 0.3) is 0 Å². The van der Waals surface area contributed by atoms with Crippen LogP contribution in [0.1, 0.15) is 55.5 Å². The standard InChI is InChI=1S/C16H20N2O/c1-11-4-3-5-15(8-11)18-16-9-13(12(2)19)6-7-14(16)10-17/h6-7,9,11,15,18H,3-5,8H2,1-2H3. The molecule has 3 nitrogen and oxygen atoms in total. The zero-order chi connectivity index (χ0) is 13.8. The second-order valence-electron chi connectivity index (χ2n) is 5.54. The SMILES string of the molecule is CC(=O)c1ccc(C#N)c(NC2CCCC(C)C2)c1. The molecule has 1 aromatic carbocycles. The van der Waals surface area contributed by atoms with Crippen molar-refractivity contribution in [3.8, 4) is 6.07 Å². The van der Waals surface area contributed by atoms with Crippen LogP contribution in [0.4, 0.5) is 5.69 Å². The molecule has 1 saturated carbocycles. The molecule has 0 bridgehead atoms. The Morgan fingerprint density at radius 3 is 2.84 bits per heavy atom. The van der Waals surface area contributed by atoms with Gasteiger partial charge in [-0.1, -0.05) is 19.8 Å². The summed E-state index contributed by atoms with van der Waals surface area (Å²) in [6.07, 6.45) is 4.79. The molecule has 0 heterocycles. The zero-order valence-corrected chi connectivity index (χ0v) is 11.6. The maximum atomic E-state index is 11.4. The maximum absolute atomic E-state index is 11.4. The number of ketones is 1. The smallest absolute Gasteiger partial charge is 0.159 e. The Bertz CT molecular complexity index is 516. The Labute approximate surface area is 114 Å². The summed E-state index contributed by atoms with van der Waals surface area (Å²) in [5.41, 5.74) is 2.07. The lowest BCUT2D eigenvalue weighted by Crippen LogP contribution is -2.26. The molecule has 2 atom stereocenters. The normalized spacial score (nSPS) is 22.6. The molecule has 100 valence electrons. The van der Waals surface area contributed by atoms with Crippen LogP contribution in [-0.4, -0.2) is 11.8 Å². The highest BCUT2D eigenvalue weighted by molar-refractivity contribution is 5.95. The number of carbonyl (C=O) groups is 1. The fourth-order valence-electron chi connectivity index (χ4n) is 2.77. The first-order valence-corrected chi connectivity index (χ1v) is 6.91. The second-order valence-corrected chi connectivity index (χ2v) is 5.54. The lowest BCUT2D eigenvalue weighted by Gasteiger charge is -2.28. The molecule has 2 unspecified atom stereocenters. The summed E-state index contributed by atoms with van der Waals surface area (Å²) < 4.78 is 0. The van der Waals surface area contributed by atoms with Crippen molar-refractivity contribution < 1.29 is 4.79 Å². The first kappa shape index (κ1) is 13.6. The highest BCUT2D eigenvalue weighted by Crippen LogP contribution is 2.27. The molecule has 1 aromatic rings. The first-order valence-electron chi connectivity index (χ1n) is 6.91. The summed E-state index contributed by atoms with van der Waals surface area (Å²) in [6.45, 7) is 3.82. The molecular formula is C16H20N2O. The van der Waals surface area contributed by atoms with Crippen molar-refractivity contribution in [3.05, 3.63) is 29.3 Å². The Hall–Kier alpha value is -1.82. The van der Waals surface area contributed by atoms with Crippen LogP contribution in [0.15, 0.2) is 18.2 Å². The van der Waals surface area contributed by atoms with E-state index in [1.54, 1.807) is 25.1 Å². The van der Waals surface area contributed by atoms with E-state index in [1.165, 1.54) is 12.8 Å². The molecule has 0 radical (unpaired) electrons. The molecule has 0 saturated heterocycles. The number of nitrogens with one attached hydrogen (secondary N) is 1. The lowest BCUT2D eigenvalue weighted by molar-refractivity contribution is 0.101.